The average Bonchev–Trinajstić information content (AvgIpc) is 2.81. The molecule has 0 aliphatic heterocycles. The van der Waals surface area contributed by atoms with E-state index in [0.29, 0.717) is 23.7 Å². The number of aryl methyl sites for hydroxylation is 1. The lowest BCUT2D eigenvalue weighted by molar-refractivity contribution is -0.122. The molecule has 0 radical (unpaired) electrons. The second-order valence-electron chi connectivity index (χ2n) is 10.1. The lowest BCUT2D eigenvalue weighted by atomic mass is 9.85. The van der Waals surface area contributed by atoms with Crippen LogP contribution in [0.2, 0.25) is 0 Å². The number of esters is 1. The third-order valence-electron chi connectivity index (χ3n) is 5.52. The van der Waals surface area contributed by atoms with Crippen LogP contribution < -0.4 is 15.5 Å². The van der Waals surface area contributed by atoms with E-state index in [1.165, 1.54) is 12.7 Å². The molecule has 0 aromatic heterocycles. The second-order valence-corrected chi connectivity index (χ2v) is 10.1. The third kappa shape index (κ3) is 9.57. The number of anilines is 1. The molecule has 2 rings (SSSR count). The molecule has 35 heavy (non-hydrogen) atoms. The number of ether oxygens (including phenoxy) is 1. The number of hydrogen-bond donors (Lipinski definition) is 2. The maximum atomic E-state index is 13.2. The number of amides is 1. The van der Waals surface area contributed by atoms with Crippen LogP contribution in [0, 0.1) is 12.3 Å². The van der Waals surface area contributed by atoms with Crippen molar-refractivity contribution >= 4 is 17.6 Å². The van der Waals surface area contributed by atoms with Crippen molar-refractivity contribution in [3.63, 3.8) is 0 Å². The van der Waals surface area contributed by atoms with Crippen molar-refractivity contribution in [3.05, 3.63) is 77.5 Å². The summed E-state index contributed by atoms with van der Waals surface area (Å²) in [6.45, 7) is 16.8. The molecule has 192 valence electrons. The Hall–Kier alpha value is -3.12. The van der Waals surface area contributed by atoms with Crippen molar-refractivity contribution in [2.24, 2.45) is 5.41 Å². The van der Waals surface area contributed by atoms with Crippen molar-refractivity contribution in [1.29, 1.82) is 0 Å². The Morgan fingerprint density at radius 2 is 1.69 bits per heavy atom. The number of nitrogens with zero attached hydrogens (tertiary/aromatic N) is 1. The molecule has 1 amide bonds. The van der Waals surface area contributed by atoms with Gasteiger partial charge in [0.1, 0.15) is 6.04 Å². The fourth-order valence-electron chi connectivity index (χ4n) is 3.47. The van der Waals surface area contributed by atoms with Crippen LogP contribution in [0.1, 0.15) is 62.0 Å². The van der Waals surface area contributed by atoms with E-state index in [-0.39, 0.29) is 11.3 Å². The Bertz CT molecular complexity index is 978. The first kappa shape index (κ1) is 29.9. The normalized spacial score (nSPS) is 11.7. The van der Waals surface area contributed by atoms with Gasteiger partial charge in [0.15, 0.2) is 0 Å². The van der Waals surface area contributed by atoms with E-state index in [4.69, 9.17) is 4.74 Å². The van der Waals surface area contributed by atoms with Crippen LogP contribution >= 0.6 is 0 Å². The van der Waals surface area contributed by atoms with Gasteiger partial charge in [0, 0.05) is 25.0 Å². The van der Waals surface area contributed by atoms with Crippen LogP contribution in [0.5, 0.6) is 0 Å². The van der Waals surface area contributed by atoms with E-state index >= 15 is 0 Å². The second kappa shape index (κ2) is 13.7. The van der Waals surface area contributed by atoms with Gasteiger partial charge in [0.25, 0.3) is 0 Å². The first-order chi connectivity index (χ1) is 16.3. The van der Waals surface area contributed by atoms with Gasteiger partial charge < -0.3 is 20.3 Å². The van der Waals surface area contributed by atoms with Gasteiger partial charge >= 0.3 is 5.97 Å². The molecule has 0 aliphatic rings. The van der Waals surface area contributed by atoms with Crippen molar-refractivity contribution in [3.8, 4) is 0 Å². The van der Waals surface area contributed by atoms with Gasteiger partial charge in [-0.3, -0.25) is 4.79 Å². The Morgan fingerprint density at radius 1 is 1.09 bits per heavy atom. The van der Waals surface area contributed by atoms with E-state index in [1.807, 2.05) is 46.9 Å². The van der Waals surface area contributed by atoms with Crippen LogP contribution in [0.25, 0.3) is 0 Å². The number of carbonyl (C=O) groups is 2. The molecule has 0 bridgehead atoms. The highest BCUT2D eigenvalue weighted by molar-refractivity contribution is 5.99. The van der Waals surface area contributed by atoms with Gasteiger partial charge in [0.2, 0.25) is 5.91 Å². The minimum absolute atomic E-state index is 0.101. The minimum Gasteiger partial charge on any atom is -0.465 e. The van der Waals surface area contributed by atoms with E-state index in [2.05, 4.69) is 55.3 Å². The Labute approximate surface area is 211 Å². The lowest BCUT2D eigenvalue weighted by Gasteiger charge is -2.35. The summed E-state index contributed by atoms with van der Waals surface area (Å²) in [4.78, 5) is 26.6. The zero-order valence-corrected chi connectivity index (χ0v) is 22.9. The lowest BCUT2D eigenvalue weighted by Crippen LogP contribution is -2.52. The van der Waals surface area contributed by atoms with Gasteiger partial charge in [-0.15, -0.1) is 0 Å². The largest absolute Gasteiger partial charge is 0.465 e. The number of carbonyl (C=O) groups excluding carboxylic acids is 2. The fraction of sp³-hybridized carbons (Fsp3) is 0.448. The van der Waals surface area contributed by atoms with Gasteiger partial charge in [0.05, 0.1) is 12.7 Å². The molecule has 2 N–H and O–H groups in total. The molecular weight excluding hydrogens is 438 g/mol. The molecule has 0 saturated carbocycles. The van der Waals surface area contributed by atoms with Gasteiger partial charge in [-0.25, -0.2) is 4.79 Å². The number of likely N-dealkylation sites (N-methyl/N-ethyl adjacent to an activating group) is 2. The SMILES string of the molecule is C=C(CNC)NC(C(=O)N(C)c1cc(C)cc(C(=O)OC)c1)C(C)(C)C.CC(C)c1ccccc1. The highest BCUT2D eigenvalue weighted by atomic mass is 16.5. The quantitative estimate of drug-likeness (QED) is 0.501. The standard InChI is InChI=1S/C20H31N3O3.C9H12/c1-13-9-15(19(25)26-8)11-16(10-13)23(7)18(24)17(20(3,4)5)22-14(2)12-21-6;1-8(2)9-6-4-3-5-7-9/h9-11,17,21-22H,2,12H2,1,3-8H3;3-8H,1-2H3. The Balaban J connectivity index is 0.000000566. The highest BCUT2D eigenvalue weighted by Gasteiger charge is 2.34. The first-order valence-corrected chi connectivity index (χ1v) is 11.9. The molecule has 0 saturated heterocycles. The van der Waals surface area contributed by atoms with Crippen LogP contribution in [-0.2, 0) is 9.53 Å². The van der Waals surface area contributed by atoms with Crippen LogP contribution in [0.4, 0.5) is 5.69 Å². The predicted molar refractivity (Wildman–Crippen MR) is 146 cm³/mol. The number of nitrogens with one attached hydrogen (secondary N) is 2. The molecule has 6 heteroatoms. The number of benzene rings is 2. The molecule has 0 heterocycles. The number of rotatable bonds is 8. The molecule has 1 atom stereocenters. The summed E-state index contributed by atoms with van der Waals surface area (Å²) >= 11 is 0. The molecule has 0 fully saturated rings. The summed E-state index contributed by atoms with van der Waals surface area (Å²) in [5.74, 6) is 0.131. The fourth-order valence-corrected chi connectivity index (χ4v) is 3.47. The molecule has 1 unspecified atom stereocenters. The highest BCUT2D eigenvalue weighted by Crippen LogP contribution is 2.25. The van der Waals surface area contributed by atoms with Crippen molar-refractivity contribution < 1.29 is 14.3 Å². The van der Waals surface area contributed by atoms with Gasteiger partial charge in [-0.1, -0.05) is 71.5 Å². The summed E-state index contributed by atoms with van der Waals surface area (Å²) in [5.41, 5.74) is 3.78. The summed E-state index contributed by atoms with van der Waals surface area (Å²) in [6, 6.07) is 15.3. The van der Waals surface area contributed by atoms with Crippen LogP contribution in [-0.4, -0.2) is 45.7 Å². The zero-order valence-electron chi connectivity index (χ0n) is 22.9. The summed E-state index contributed by atoms with van der Waals surface area (Å²) < 4.78 is 4.79. The van der Waals surface area contributed by atoms with Crippen molar-refractivity contribution in [2.75, 3.05) is 32.6 Å². The van der Waals surface area contributed by atoms with E-state index < -0.39 is 12.0 Å². The number of methoxy groups -OCH3 is 1. The topological polar surface area (TPSA) is 70.7 Å². The molecular formula is C29H43N3O3. The van der Waals surface area contributed by atoms with Crippen LogP contribution in [0.3, 0.4) is 0 Å². The summed E-state index contributed by atoms with van der Waals surface area (Å²) in [7, 11) is 4.87. The third-order valence-corrected chi connectivity index (χ3v) is 5.52. The summed E-state index contributed by atoms with van der Waals surface area (Å²) in [5, 5.41) is 6.25. The first-order valence-electron chi connectivity index (χ1n) is 11.9. The van der Waals surface area contributed by atoms with Crippen molar-refractivity contribution in [2.45, 2.75) is 53.5 Å². The van der Waals surface area contributed by atoms with Gasteiger partial charge in [-0.2, -0.15) is 0 Å². The van der Waals surface area contributed by atoms with E-state index in [9.17, 15) is 9.59 Å². The molecule has 2 aromatic carbocycles. The molecule has 6 nitrogen and oxygen atoms in total. The Morgan fingerprint density at radius 3 is 2.14 bits per heavy atom. The number of hydrogen-bond acceptors (Lipinski definition) is 5. The zero-order chi connectivity index (χ0) is 26.8. The molecule has 0 aliphatic carbocycles. The smallest absolute Gasteiger partial charge is 0.337 e. The van der Waals surface area contributed by atoms with E-state index in [0.717, 1.165) is 11.3 Å². The maximum Gasteiger partial charge on any atom is 0.337 e. The minimum atomic E-state index is -0.463. The van der Waals surface area contributed by atoms with Crippen LogP contribution in [0.15, 0.2) is 60.8 Å². The average molecular weight is 482 g/mol. The van der Waals surface area contributed by atoms with Crippen molar-refractivity contribution in [1.82, 2.24) is 10.6 Å². The predicted octanol–water partition coefficient (Wildman–Crippen LogP) is 5.29. The maximum absolute atomic E-state index is 13.2. The Kier molecular flexibility index (Phi) is 11.7. The van der Waals surface area contributed by atoms with E-state index in [1.54, 1.807) is 24.1 Å². The van der Waals surface area contributed by atoms with Gasteiger partial charge in [-0.05, 0) is 54.6 Å². The molecule has 0 spiro atoms. The summed E-state index contributed by atoms with van der Waals surface area (Å²) in [6.07, 6.45) is 0. The molecule has 2 aromatic rings. The monoisotopic (exact) mass is 481 g/mol.